The molecule has 1 aliphatic rings. The number of benzene rings is 3. The summed E-state index contributed by atoms with van der Waals surface area (Å²) in [6.07, 6.45) is 5.67. The summed E-state index contributed by atoms with van der Waals surface area (Å²) in [4.78, 5) is 0. The van der Waals surface area contributed by atoms with Gasteiger partial charge in [-0.1, -0.05) is 31.5 Å². The summed E-state index contributed by atoms with van der Waals surface area (Å²) in [6, 6.07) is 11.1. The summed E-state index contributed by atoms with van der Waals surface area (Å²) in [6.45, 7) is 2.06. The molecular formula is C26H26F4. The van der Waals surface area contributed by atoms with Crippen LogP contribution >= 0.6 is 0 Å². The van der Waals surface area contributed by atoms with Gasteiger partial charge < -0.3 is 0 Å². The van der Waals surface area contributed by atoms with E-state index in [9.17, 15) is 17.6 Å². The number of aryl methyl sites for hydroxylation is 1. The van der Waals surface area contributed by atoms with Crippen LogP contribution in [0.1, 0.15) is 74.0 Å². The first kappa shape index (κ1) is 20.9. The zero-order valence-electron chi connectivity index (χ0n) is 17.2. The molecule has 0 N–H and O–H groups in total. The van der Waals surface area contributed by atoms with Gasteiger partial charge in [0, 0.05) is 5.56 Å². The number of unbranched alkanes of at least 4 members (excludes halogenated alkanes) is 1. The Bertz CT molecular complexity index is 1030. The number of hydrogen-bond donors (Lipinski definition) is 0. The molecule has 158 valence electrons. The zero-order chi connectivity index (χ0) is 21.3. The first-order chi connectivity index (χ1) is 14.5. The van der Waals surface area contributed by atoms with Crippen LogP contribution in [-0.4, -0.2) is 0 Å². The topological polar surface area (TPSA) is 0 Å². The number of rotatable bonds is 5. The summed E-state index contributed by atoms with van der Waals surface area (Å²) in [5.74, 6) is -2.40. The van der Waals surface area contributed by atoms with Crippen molar-refractivity contribution in [3.8, 4) is 0 Å². The second-order valence-electron chi connectivity index (χ2n) is 8.50. The lowest BCUT2D eigenvalue weighted by Gasteiger charge is -2.30. The molecule has 0 spiro atoms. The van der Waals surface area contributed by atoms with Gasteiger partial charge in [-0.3, -0.25) is 0 Å². The summed E-state index contributed by atoms with van der Waals surface area (Å²) in [7, 11) is 0. The first-order valence-electron chi connectivity index (χ1n) is 10.8. The molecule has 0 atom stereocenters. The second-order valence-corrected chi connectivity index (χ2v) is 8.50. The highest BCUT2D eigenvalue weighted by Gasteiger charge is 2.28. The van der Waals surface area contributed by atoms with Gasteiger partial charge in [-0.2, -0.15) is 0 Å². The quantitative estimate of drug-likeness (QED) is 0.369. The average molecular weight is 414 g/mol. The predicted molar refractivity (Wildman–Crippen MR) is 113 cm³/mol. The highest BCUT2D eigenvalue weighted by atomic mass is 19.2. The van der Waals surface area contributed by atoms with E-state index in [-0.39, 0.29) is 17.4 Å². The first-order valence-corrected chi connectivity index (χ1v) is 10.8. The van der Waals surface area contributed by atoms with Crippen molar-refractivity contribution in [2.45, 2.75) is 63.7 Å². The van der Waals surface area contributed by atoms with Crippen LogP contribution < -0.4 is 0 Å². The largest absolute Gasteiger partial charge is 0.207 e. The van der Waals surface area contributed by atoms with Crippen LogP contribution in [0, 0.1) is 23.3 Å². The molecular weight excluding hydrogens is 388 g/mol. The van der Waals surface area contributed by atoms with Crippen LogP contribution in [-0.2, 0) is 6.42 Å². The summed E-state index contributed by atoms with van der Waals surface area (Å²) >= 11 is 0. The summed E-state index contributed by atoms with van der Waals surface area (Å²) in [5, 5.41) is 1.34. The van der Waals surface area contributed by atoms with Crippen molar-refractivity contribution in [3.63, 3.8) is 0 Å². The van der Waals surface area contributed by atoms with Gasteiger partial charge >= 0.3 is 0 Å². The Kier molecular flexibility index (Phi) is 6.12. The van der Waals surface area contributed by atoms with Gasteiger partial charge in [0.2, 0.25) is 0 Å². The average Bonchev–Trinajstić information content (AvgIpc) is 2.73. The smallest absolute Gasteiger partial charge is 0.159 e. The fourth-order valence-electron chi connectivity index (χ4n) is 4.78. The lowest BCUT2D eigenvalue weighted by molar-refractivity contribution is 0.376. The molecule has 0 amide bonds. The molecule has 0 radical (unpaired) electrons. The molecule has 1 aliphatic carbocycles. The highest BCUT2D eigenvalue weighted by Crippen LogP contribution is 2.42. The van der Waals surface area contributed by atoms with Crippen LogP contribution in [0.3, 0.4) is 0 Å². The van der Waals surface area contributed by atoms with E-state index in [1.807, 2.05) is 18.2 Å². The minimum absolute atomic E-state index is 0.117. The Hall–Kier alpha value is -2.36. The van der Waals surface area contributed by atoms with Crippen molar-refractivity contribution in [2.75, 3.05) is 0 Å². The molecule has 0 bridgehead atoms. The third-order valence-electron chi connectivity index (χ3n) is 6.47. The van der Waals surface area contributed by atoms with Gasteiger partial charge in [-0.15, -0.1) is 0 Å². The molecule has 0 heterocycles. The maximum absolute atomic E-state index is 14.7. The van der Waals surface area contributed by atoms with Crippen LogP contribution in [0.15, 0.2) is 42.5 Å². The van der Waals surface area contributed by atoms with E-state index >= 15 is 0 Å². The van der Waals surface area contributed by atoms with Crippen LogP contribution in [0.2, 0.25) is 0 Å². The Balaban J connectivity index is 1.49. The molecule has 0 aromatic heterocycles. The third kappa shape index (κ3) is 4.23. The van der Waals surface area contributed by atoms with E-state index in [2.05, 4.69) is 6.92 Å². The van der Waals surface area contributed by atoms with Crippen LogP contribution in [0.25, 0.3) is 10.8 Å². The number of fused-ring (bicyclic) bond motifs is 1. The molecule has 3 aromatic carbocycles. The van der Waals surface area contributed by atoms with Gasteiger partial charge in [0.1, 0.15) is 11.6 Å². The second kappa shape index (κ2) is 8.79. The monoisotopic (exact) mass is 414 g/mol. The van der Waals surface area contributed by atoms with Crippen molar-refractivity contribution in [1.82, 2.24) is 0 Å². The standard InChI is InChI=1S/C26H26F4/c1-2-3-4-16-11-24(29)26(25(30)12-16)18-7-5-17(6-8-18)19-9-10-20-14-22(27)23(28)15-21(20)13-19/h9-15,17-18H,2-8H2,1H3. The van der Waals surface area contributed by atoms with Crippen LogP contribution in [0.4, 0.5) is 17.6 Å². The molecule has 1 saturated carbocycles. The van der Waals surface area contributed by atoms with Gasteiger partial charge in [-0.25, -0.2) is 17.6 Å². The predicted octanol–water partition coefficient (Wildman–Crippen LogP) is 8.18. The van der Waals surface area contributed by atoms with Gasteiger partial charge in [0.05, 0.1) is 0 Å². The Labute approximate surface area is 174 Å². The normalized spacial score (nSPS) is 19.4. The van der Waals surface area contributed by atoms with Crippen LogP contribution in [0.5, 0.6) is 0 Å². The minimum Gasteiger partial charge on any atom is -0.207 e. The Morgan fingerprint density at radius 1 is 0.700 bits per heavy atom. The van der Waals surface area contributed by atoms with Crippen molar-refractivity contribution in [2.24, 2.45) is 0 Å². The fourth-order valence-corrected chi connectivity index (χ4v) is 4.78. The maximum atomic E-state index is 14.7. The summed E-state index contributed by atoms with van der Waals surface area (Å²) < 4.78 is 56.4. The van der Waals surface area contributed by atoms with E-state index in [0.717, 1.165) is 36.8 Å². The van der Waals surface area contributed by atoms with Crippen molar-refractivity contribution in [1.29, 1.82) is 0 Å². The summed E-state index contributed by atoms with van der Waals surface area (Å²) in [5.41, 5.74) is 2.02. The van der Waals surface area contributed by atoms with Crippen molar-refractivity contribution >= 4 is 10.8 Å². The lowest BCUT2D eigenvalue weighted by Crippen LogP contribution is -2.15. The molecule has 1 fully saturated rings. The van der Waals surface area contributed by atoms with E-state index in [1.165, 1.54) is 24.3 Å². The highest BCUT2D eigenvalue weighted by molar-refractivity contribution is 5.83. The SMILES string of the molecule is CCCCc1cc(F)c(C2CCC(c3ccc4cc(F)c(F)cc4c3)CC2)c(F)c1. The van der Waals surface area contributed by atoms with Gasteiger partial charge in [0.15, 0.2) is 11.6 Å². The Morgan fingerprint density at radius 2 is 1.30 bits per heavy atom. The molecule has 0 nitrogen and oxygen atoms in total. The molecule has 0 aliphatic heterocycles. The number of hydrogen-bond acceptors (Lipinski definition) is 0. The third-order valence-corrected chi connectivity index (χ3v) is 6.47. The minimum atomic E-state index is -0.850. The lowest BCUT2D eigenvalue weighted by atomic mass is 9.75. The van der Waals surface area contributed by atoms with Gasteiger partial charge in [-0.05, 0) is 96.5 Å². The zero-order valence-corrected chi connectivity index (χ0v) is 17.2. The van der Waals surface area contributed by atoms with E-state index in [1.54, 1.807) is 0 Å². The molecule has 4 heteroatoms. The molecule has 30 heavy (non-hydrogen) atoms. The van der Waals surface area contributed by atoms with E-state index in [0.29, 0.717) is 30.0 Å². The molecule has 4 rings (SSSR count). The van der Waals surface area contributed by atoms with Gasteiger partial charge in [0.25, 0.3) is 0 Å². The number of halogens is 4. The van der Waals surface area contributed by atoms with Crippen molar-refractivity contribution < 1.29 is 17.6 Å². The van der Waals surface area contributed by atoms with E-state index in [4.69, 9.17) is 0 Å². The van der Waals surface area contributed by atoms with E-state index < -0.39 is 23.3 Å². The Morgan fingerprint density at radius 3 is 1.93 bits per heavy atom. The fraction of sp³-hybridized carbons (Fsp3) is 0.385. The maximum Gasteiger partial charge on any atom is 0.159 e. The molecule has 3 aromatic rings. The van der Waals surface area contributed by atoms with Crippen molar-refractivity contribution in [3.05, 3.63) is 82.4 Å². The molecule has 0 saturated heterocycles. The molecule has 0 unspecified atom stereocenters.